The first-order chi connectivity index (χ1) is 17.6. The highest BCUT2D eigenvalue weighted by Gasteiger charge is 2.37. The first-order valence-corrected chi connectivity index (χ1v) is 13.0. The second kappa shape index (κ2) is 12.8. The van der Waals surface area contributed by atoms with Crippen molar-refractivity contribution in [1.29, 1.82) is 0 Å². The van der Waals surface area contributed by atoms with Crippen LogP contribution in [0.4, 0.5) is 4.79 Å². The van der Waals surface area contributed by atoms with Crippen molar-refractivity contribution in [3.05, 3.63) is 83.4 Å². The minimum atomic E-state index is -0.970. The number of aryl methyl sites for hydroxylation is 2. The van der Waals surface area contributed by atoms with Crippen molar-refractivity contribution in [2.45, 2.75) is 85.0 Å². The van der Waals surface area contributed by atoms with Crippen LogP contribution in [0.5, 0.6) is 0 Å². The van der Waals surface area contributed by atoms with Crippen molar-refractivity contribution in [3.8, 4) is 0 Å². The molecule has 2 aromatic carbocycles. The summed E-state index contributed by atoms with van der Waals surface area (Å²) >= 11 is 0. The van der Waals surface area contributed by atoms with Gasteiger partial charge in [-0.2, -0.15) is 0 Å². The molecule has 0 spiro atoms. The van der Waals surface area contributed by atoms with Gasteiger partial charge >= 0.3 is 6.09 Å². The maximum Gasteiger partial charge on any atom is 0.408 e. The van der Waals surface area contributed by atoms with Gasteiger partial charge in [0, 0.05) is 18.5 Å². The zero-order valence-corrected chi connectivity index (χ0v) is 24.1. The quantitative estimate of drug-likeness (QED) is 0.432. The molecule has 0 saturated carbocycles. The molecule has 0 radical (unpaired) electrons. The van der Waals surface area contributed by atoms with Gasteiger partial charge in [-0.25, -0.2) is 4.79 Å². The van der Waals surface area contributed by atoms with Gasteiger partial charge in [-0.15, -0.1) is 6.58 Å². The number of carbonyl (C=O) groups excluding carboxylic acids is 3. The second-order valence-corrected chi connectivity index (χ2v) is 11.7. The van der Waals surface area contributed by atoms with Crippen molar-refractivity contribution < 1.29 is 19.1 Å². The van der Waals surface area contributed by atoms with Crippen LogP contribution >= 0.6 is 0 Å². The van der Waals surface area contributed by atoms with Crippen molar-refractivity contribution >= 4 is 17.9 Å². The number of hydrogen-bond acceptors (Lipinski definition) is 4. The first-order valence-electron chi connectivity index (χ1n) is 13.0. The fraction of sp³-hybridized carbons (Fsp3) is 0.452. The third kappa shape index (κ3) is 9.36. The number of amides is 3. The number of rotatable bonds is 9. The number of carbonyl (C=O) groups is 3. The van der Waals surface area contributed by atoms with Gasteiger partial charge in [0.1, 0.15) is 17.7 Å². The van der Waals surface area contributed by atoms with Gasteiger partial charge < -0.3 is 20.3 Å². The van der Waals surface area contributed by atoms with E-state index in [-0.39, 0.29) is 18.9 Å². The first kappa shape index (κ1) is 30.6. The highest BCUT2D eigenvalue weighted by molar-refractivity contribution is 5.93. The average Bonchev–Trinajstić information content (AvgIpc) is 2.78. The van der Waals surface area contributed by atoms with Crippen LogP contribution in [-0.4, -0.2) is 46.5 Å². The average molecular weight is 522 g/mol. The van der Waals surface area contributed by atoms with Crippen LogP contribution < -0.4 is 10.6 Å². The van der Waals surface area contributed by atoms with Crippen molar-refractivity contribution in [2.24, 2.45) is 0 Å². The zero-order valence-electron chi connectivity index (χ0n) is 24.1. The summed E-state index contributed by atoms with van der Waals surface area (Å²) in [7, 11) is 0. The molecular formula is C31H43N3O4. The largest absolute Gasteiger partial charge is 0.444 e. The zero-order chi connectivity index (χ0) is 28.7. The molecule has 0 heterocycles. The summed E-state index contributed by atoms with van der Waals surface area (Å²) in [6.45, 7) is 18.8. The van der Waals surface area contributed by atoms with Crippen LogP contribution in [0.25, 0.3) is 0 Å². The van der Waals surface area contributed by atoms with E-state index in [1.165, 1.54) is 4.90 Å². The van der Waals surface area contributed by atoms with E-state index in [1.54, 1.807) is 26.8 Å². The molecule has 0 aromatic heterocycles. The predicted molar refractivity (Wildman–Crippen MR) is 152 cm³/mol. The van der Waals surface area contributed by atoms with Crippen LogP contribution in [0.1, 0.15) is 69.8 Å². The van der Waals surface area contributed by atoms with Crippen LogP contribution in [0.15, 0.2) is 61.2 Å². The number of nitrogens with zero attached hydrogens (tertiary/aromatic N) is 1. The molecule has 2 unspecified atom stereocenters. The molecule has 3 amide bonds. The topological polar surface area (TPSA) is 87.7 Å². The monoisotopic (exact) mass is 521 g/mol. The Balaban J connectivity index is 2.59. The number of hydrogen-bond donors (Lipinski definition) is 2. The fourth-order valence-electron chi connectivity index (χ4n) is 4.10. The molecule has 0 aliphatic rings. The van der Waals surface area contributed by atoms with Gasteiger partial charge in [-0.3, -0.25) is 9.59 Å². The highest BCUT2D eigenvalue weighted by atomic mass is 16.6. The van der Waals surface area contributed by atoms with E-state index < -0.39 is 35.2 Å². The highest BCUT2D eigenvalue weighted by Crippen LogP contribution is 2.28. The smallest absolute Gasteiger partial charge is 0.408 e. The lowest BCUT2D eigenvalue weighted by molar-refractivity contribution is -0.142. The minimum absolute atomic E-state index is 0.107. The van der Waals surface area contributed by atoms with Gasteiger partial charge in [0.2, 0.25) is 11.8 Å². The lowest BCUT2D eigenvalue weighted by Gasteiger charge is -2.36. The molecule has 2 atom stereocenters. The van der Waals surface area contributed by atoms with Gasteiger partial charge in [-0.1, -0.05) is 60.2 Å². The Kier molecular flexibility index (Phi) is 10.3. The normalized spacial score (nSPS) is 13.2. The lowest BCUT2D eigenvalue weighted by atomic mass is 9.94. The van der Waals surface area contributed by atoms with E-state index >= 15 is 0 Å². The van der Waals surface area contributed by atoms with E-state index in [2.05, 4.69) is 17.2 Å². The fourth-order valence-corrected chi connectivity index (χ4v) is 4.10. The number of alkyl carbamates (subject to hydrolysis) is 1. The Morgan fingerprint density at radius 3 is 2.18 bits per heavy atom. The van der Waals surface area contributed by atoms with E-state index in [0.29, 0.717) is 0 Å². The van der Waals surface area contributed by atoms with E-state index in [4.69, 9.17) is 4.74 Å². The Labute approximate surface area is 227 Å². The maximum atomic E-state index is 14.2. The third-order valence-electron chi connectivity index (χ3n) is 5.67. The predicted octanol–water partition coefficient (Wildman–Crippen LogP) is 5.41. The summed E-state index contributed by atoms with van der Waals surface area (Å²) in [5, 5.41) is 5.80. The molecule has 0 fully saturated rings. The van der Waals surface area contributed by atoms with E-state index in [9.17, 15) is 14.4 Å². The summed E-state index contributed by atoms with van der Waals surface area (Å²) in [5.74, 6) is -0.716. The summed E-state index contributed by atoms with van der Waals surface area (Å²) in [5.41, 5.74) is 2.18. The van der Waals surface area contributed by atoms with Crippen LogP contribution in [0.2, 0.25) is 0 Å². The Hall–Kier alpha value is -3.61. The van der Waals surface area contributed by atoms with Gasteiger partial charge in [0.25, 0.3) is 0 Å². The van der Waals surface area contributed by atoms with Crippen LogP contribution in [-0.2, 0) is 20.7 Å². The number of ether oxygens (including phenoxy) is 1. The molecule has 38 heavy (non-hydrogen) atoms. The van der Waals surface area contributed by atoms with Gasteiger partial charge in [-0.05, 0) is 72.1 Å². The molecule has 0 aliphatic heterocycles. The van der Waals surface area contributed by atoms with Gasteiger partial charge in [0.15, 0.2) is 0 Å². The molecular weight excluding hydrogens is 478 g/mol. The van der Waals surface area contributed by atoms with Crippen LogP contribution in [0, 0.1) is 13.8 Å². The second-order valence-electron chi connectivity index (χ2n) is 11.7. The molecule has 7 nitrogen and oxygen atoms in total. The lowest BCUT2D eigenvalue weighted by Crippen LogP contribution is -2.55. The SMILES string of the molecule is C=CCN(C(=O)C(Cc1ccccc1)NC(=O)OC(C)(C)C)C(C(=O)NC(C)(C)C)c1cc(C)ccc1C. The molecule has 2 aromatic rings. The van der Waals surface area contributed by atoms with E-state index in [1.807, 2.05) is 83.1 Å². The van der Waals surface area contributed by atoms with Crippen molar-refractivity contribution in [2.75, 3.05) is 6.54 Å². The molecule has 2 N–H and O–H groups in total. The number of nitrogens with one attached hydrogen (secondary N) is 2. The Morgan fingerprint density at radius 2 is 1.63 bits per heavy atom. The number of benzene rings is 2. The molecule has 0 saturated heterocycles. The van der Waals surface area contributed by atoms with E-state index in [0.717, 1.165) is 22.3 Å². The van der Waals surface area contributed by atoms with Crippen LogP contribution in [0.3, 0.4) is 0 Å². The summed E-state index contributed by atoms with van der Waals surface area (Å²) in [4.78, 5) is 42.3. The van der Waals surface area contributed by atoms with Gasteiger partial charge in [0.05, 0.1) is 0 Å². The Bertz CT molecular complexity index is 1130. The summed E-state index contributed by atoms with van der Waals surface area (Å²) in [6.07, 6.45) is 1.12. The standard InChI is InChI=1S/C31H43N3O4/c1-10-18-34(26(27(35)33-30(4,5)6)24-19-21(2)16-17-22(24)3)28(36)25(20-23-14-12-11-13-15-23)32-29(37)38-31(7,8)9/h10-17,19,25-26H,1,18,20H2,2-9H3,(H,32,37)(H,33,35). The Morgan fingerprint density at radius 1 is 1.00 bits per heavy atom. The van der Waals surface area contributed by atoms with Crippen molar-refractivity contribution in [1.82, 2.24) is 15.5 Å². The third-order valence-corrected chi connectivity index (χ3v) is 5.67. The summed E-state index contributed by atoms with van der Waals surface area (Å²) < 4.78 is 5.47. The maximum absolute atomic E-state index is 14.2. The molecule has 0 bridgehead atoms. The minimum Gasteiger partial charge on any atom is -0.444 e. The molecule has 0 aliphatic carbocycles. The summed E-state index contributed by atoms with van der Waals surface area (Å²) in [6, 6.07) is 13.4. The van der Waals surface area contributed by atoms with Crippen molar-refractivity contribution in [3.63, 3.8) is 0 Å². The molecule has 2 rings (SSSR count). The molecule has 7 heteroatoms. The molecule has 206 valence electrons.